The lowest BCUT2D eigenvalue weighted by Gasteiger charge is -2.04. The molecule has 0 aromatic carbocycles. The van der Waals surface area contributed by atoms with E-state index in [0.717, 1.165) is 11.8 Å². The molecular weight excluding hydrogens is 275 g/mol. The summed E-state index contributed by atoms with van der Waals surface area (Å²) in [7, 11) is 1.52. The van der Waals surface area contributed by atoms with Crippen molar-refractivity contribution in [2.24, 2.45) is 7.05 Å². The minimum atomic E-state index is -4.39. The molecule has 1 heterocycles. The Hall–Kier alpha value is -1.29. The van der Waals surface area contributed by atoms with E-state index in [-0.39, 0.29) is 18.2 Å². The van der Waals surface area contributed by atoms with Crippen molar-refractivity contribution in [1.29, 1.82) is 0 Å². The lowest BCUT2D eigenvalue weighted by atomic mass is 10.6. The van der Waals surface area contributed by atoms with Gasteiger partial charge < -0.3 is 9.84 Å². The van der Waals surface area contributed by atoms with Crippen molar-refractivity contribution in [1.82, 2.24) is 14.8 Å². The molecule has 18 heavy (non-hydrogen) atoms. The quantitative estimate of drug-likeness (QED) is 0.788. The van der Waals surface area contributed by atoms with E-state index >= 15 is 0 Å². The Kier molecular flexibility index (Phi) is 4.96. The fourth-order valence-electron chi connectivity index (χ4n) is 0.992. The zero-order chi connectivity index (χ0) is 13.8. The van der Waals surface area contributed by atoms with Gasteiger partial charge in [0.1, 0.15) is 13.2 Å². The van der Waals surface area contributed by atoms with Crippen LogP contribution in [-0.2, 0) is 23.2 Å². The molecule has 1 rings (SSSR count). The summed E-state index contributed by atoms with van der Waals surface area (Å²) in [5.74, 6) is -1.14. The van der Waals surface area contributed by atoms with Crippen LogP contribution in [0.1, 0.15) is 5.82 Å². The van der Waals surface area contributed by atoms with E-state index in [9.17, 15) is 18.0 Å². The number of nitrogens with zero attached hydrogens (tertiary/aromatic N) is 3. The summed E-state index contributed by atoms with van der Waals surface area (Å²) in [6.07, 6.45) is -4.39. The van der Waals surface area contributed by atoms with Crippen LogP contribution in [-0.4, -0.2) is 44.4 Å². The lowest BCUT2D eigenvalue weighted by Crippen LogP contribution is -2.17. The summed E-state index contributed by atoms with van der Waals surface area (Å²) < 4.78 is 41.1. The Morgan fingerprint density at radius 2 is 2.22 bits per heavy atom. The van der Waals surface area contributed by atoms with Crippen LogP contribution in [0.2, 0.25) is 0 Å². The van der Waals surface area contributed by atoms with Crippen LogP contribution >= 0.6 is 11.8 Å². The average Bonchev–Trinajstić information content (AvgIpc) is 2.54. The van der Waals surface area contributed by atoms with Crippen LogP contribution in [0.15, 0.2) is 5.16 Å². The maximum atomic E-state index is 11.8. The molecule has 0 amide bonds. The molecule has 0 unspecified atom stereocenters. The van der Waals surface area contributed by atoms with E-state index in [1.165, 1.54) is 11.7 Å². The maximum absolute atomic E-state index is 11.8. The van der Waals surface area contributed by atoms with Crippen molar-refractivity contribution in [2.75, 3.05) is 12.4 Å². The minimum absolute atomic E-state index is 0.0784. The molecule has 10 heteroatoms. The predicted molar refractivity (Wildman–Crippen MR) is 55.1 cm³/mol. The molecule has 1 aromatic rings. The summed E-state index contributed by atoms with van der Waals surface area (Å²) in [6.45, 7) is -1.75. The van der Waals surface area contributed by atoms with Crippen molar-refractivity contribution in [3.8, 4) is 0 Å². The van der Waals surface area contributed by atoms with Gasteiger partial charge in [-0.2, -0.15) is 18.3 Å². The number of halogens is 3. The third-order valence-corrected chi connectivity index (χ3v) is 2.59. The van der Waals surface area contributed by atoms with E-state index in [0.29, 0.717) is 5.16 Å². The number of aryl methyl sites for hydroxylation is 1. The number of rotatable bonds is 6. The summed E-state index contributed by atoms with van der Waals surface area (Å²) >= 11 is 0.927. The highest BCUT2D eigenvalue weighted by Crippen LogP contribution is 2.17. The van der Waals surface area contributed by atoms with Gasteiger partial charge in [-0.25, -0.2) is 9.67 Å². The number of alkyl halides is 3. The fourth-order valence-corrected chi connectivity index (χ4v) is 1.64. The van der Waals surface area contributed by atoms with Crippen molar-refractivity contribution < 1.29 is 27.8 Å². The molecule has 1 N–H and O–H groups in total. The number of carbonyl (C=O) groups is 1. The third kappa shape index (κ3) is 5.36. The second-order valence-corrected chi connectivity index (χ2v) is 4.17. The van der Waals surface area contributed by atoms with Gasteiger partial charge in [-0.15, -0.1) is 0 Å². The van der Waals surface area contributed by atoms with Crippen molar-refractivity contribution in [3.05, 3.63) is 5.82 Å². The van der Waals surface area contributed by atoms with Crippen LogP contribution < -0.4 is 0 Å². The van der Waals surface area contributed by atoms with Gasteiger partial charge in [0.25, 0.3) is 0 Å². The predicted octanol–water partition coefficient (Wildman–Crippen LogP) is 1.07. The van der Waals surface area contributed by atoms with Gasteiger partial charge in [0.2, 0.25) is 0 Å². The molecule has 0 atom stereocenters. The van der Waals surface area contributed by atoms with Crippen molar-refractivity contribution >= 4 is 17.7 Å². The second kappa shape index (κ2) is 6.05. The highest BCUT2D eigenvalue weighted by Gasteiger charge is 2.27. The van der Waals surface area contributed by atoms with Crippen LogP contribution in [0.4, 0.5) is 13.2 Å². The zero-order valence-corrected chi connectivity index (χ0v) is 10.1. The highest BCUT2D eigenvalue weighted by molar-refractivity contribution is 7.99. The Labute approximate surface area is 104 Å². The summed E-state index contributed by atoms with van der Waals surface area (Å²) in [4.78, 5) is 14.2. The van der Waals surface area contributed by atoms with Crippen molar-refractivity contribution in [2.45, 2.75) is 17.9 Å². The monoisotopic (exact) mass is 285 g/mol. The van der Waals surface area contributed by atoms with Gasteiger partial charge in [0.05, 0.1) is 5.75 Å². The first-order valence-corrected chi connectivity index (χ1v) is 5.65. The lowest BCUT2D eigenvalue weighted by molar-refractivity contribution is -0.177. The normalized spacial score (nSPS) is 11.8. The SMILES string of the molecule is Cn1nc(COCC(F)(F)F)nc1SCC(=O)O. The molecule has 102 valence electrons. The molecule has 0 saturated carbocycles. The van der Waals surface area contributed by atoms with Gasteiger partial charge in [-0.1, -0.05) is 11.8 Å². The largest absolute Gasteiger partial charge is 0.481 e. The molecule has 0 aliphatic heterocycles. The summed E-state index contributed by atoms with van der Waals surface area (Å²) in [5.41, 5.74) is 0. The number of ether oxygens (including phenoxy) is 1. The Bertz CT molecular complexity index is 421. The standard InChI is InChI=1S/C8H10F3N3O3S/c1-14-7(18-3-6(15)16)12-5(13-14)2-17-4-8(9,10)11/h2-4H2,1H3,(H,15,16). The van der Waals surface area contributed by atoms with Gasteiger partial charge in [-0.05, 0) is 0 Å². The van der Waals surface area contributed by atoms with Gasteiger partial charge >= 0.3 is 12.1 Å². The van der Waals surface area contributed by atoms with E-state index in [4.69, 9.17) is 5.11 Å². The van der Waals surface area contributed by atoms with Crippen molar-refractivity contribution in [3.63, 3.8) is 0 Å². The third-order valence-electron chi connectivity index (χ3n) is 1.59. The summed E-state index contributed by atoms with van der Waals surface area (Å²) in [6, 6.07) is 0. The number of carboxylic acid groups (broad SMARTS) is 1. The Balaban J connectivity index is 2.48. The first-order chi connectivity index (χ1) is 8.28. The van der Waals surface area contributed by atoms with Gasteiger partial charge in [0, 0.05) is 7.05 Å². The second-order valence-electron chi connectivity index (χ2n) is 3.22. The maximum Gasteiger partial charge on any atom is 0.411 e. The average molecular weight is 285 g/mol. The molecule has 0 spiro atoms. The van der Waals surface area contributed by atoms with Crippen LogP contribution in [0.3, 0.4) is 0 Å². The number of carboxylic acids is 1. The number of hydrogen-bond acceptors (Lipinski definition) is 5. The fraction of sp³-hybridized carbons (Fsp3) is 0.625. The molecule has 0 aliphatic rings. The van der Waals surface area contributed by atoms with Crippen LogP contribution in [0.5, 0.6) is 0 Å². The van der Waals surface area contributed by atoms with Crippen LogP contribution in [0, 0.1) is 0 Å². The smallest absolute Gasteiger partial charge is 0.411 e. The van der Waals surface area contributed by atoms with E-state index in [1.807, 2.05) is 0 Å². The first kappa shape index (κ1) is 14.8. The molecule has 6 nitrogen and oxygen atoms in total. The molecule has 0 fully saturated rings. The van der Waals surface area contributed by atoms with E-state index in [2.05, 4.69) is 14.8 Å². The Morgan fingerprint density at radius 3 is 2.78 bits per heavy atom. The van der Waals surface area contributed by atoms with Crippen LogP contribution in [0.25, 0.3) is 0 Å². The number of aliphatic carboxylic acids is 1. The summed E-state index contributed by atoms with van der Waals surface area (Å²) in [5, 5.41) is 12.6. The molecular formula is C8H10F3N3O3S. The zero-order valence-electron chi connectivity index (χ0n) is 9.27. The minimum Gasteiger partial charge on any atom is -0.481 e. The molecule has 1 aromatic heterocycles. The van der Waals surface area contributed by atoms with E-state index in [1.54, 1.807) is 0 Å². The molecule has 0 saturated heterocycles. The molecule has 0 radical (unpaired) electrons. The Morgan fingerprint density at radius 1 is 1.56 bits per heavy atom. The highest BCUT2D eigenvalue weighted by atomic mass is 32.2. The van der Waals surface area contributed by atoms with E-state index < -0.39 is 18.8 Å². The van der Waals surface area contributed by atoms with Gasteiger partial charge in [0.15, 0.2) is 11.0 Å². The number of hydrogen-bond donors (Lipinski definition) is 1. The number of aromatic nitrogens is 3. The number of thioether (sulfide) groups is 1. The molecule has 0 bridgehead atoms. The van der Waals surface area contributed by atoms with Gasteiger partial charge in [-0.3, -0.25) is 4.79 Å². The first-order valence-electron chi connectivity index (χ1n) is 4.67. The topological polar surface area (TPSA) is 77.2 Å². The molecule has 0 aliphatic carbocycles.